The predicted molar refractivity (Wildman–Crippen MR) is 142 cm³/mol. The molecule has 8 heteroatoms. The van der Waals surface area contributed by atoms with Crippen LogP contribution >= 0.6 is 0 Å². The average Bonchev–Trinajstić information content (AvgIpc) is 2.90. The molecule has 8 nitrogen and oxygen atoms in total. The van der Waals surface area contributed by atoms with Gasteiger partial charge in [0.05, 0.1) is 11.1 Å². The molecule has 0 unspecified atom stereocenters. The molecule has 1 fully saturated rings. The van der Waals surface area contributed by atoms with Gasteiger partial charge < -0.3 is 14.8 Å². The van der Waals surface area contributed by atoms with E-state index in [1.807, 2.05) is 42.7 Å². The molecule has 184 valence electrons. The topological polar surface area (TPSA) is 93.0 Å². The standard InChI is InChI=1S/C28H30N6O2/c1-4-33-17-23(26(35)22-10-5-19(3)29-27(22)33)28(36)30-21-8-6-20(7-9-21)24-11-12-25(32-31-24)34-15-13-18(2)14-16-34/h5-12,17-18H,4,13-16H2,1-3H3,(H,30,36). The second-order valence-corrected chi connectivity index (χ2v) is 9.46. The Hall–Kier alpha value is -4.07. The number of pyridine rings is 2. The van der Waals surface area contributed by atoms with Crippen molar-refractivity contribution in [3.05, 3.63) is 76.2 Å². The Labute approximate surface area is 210 Å². The minimum Gasteiger partial charge on any atom is -0.355 e. The second kappa shape index (κ2) is 9.89. The van der Waals surface area contributed by atoms with Crippen molar-refractivity contribution >= 4 is 28.4 Å². The highest BCUT2D eigenvalue weighted by atomic mass is 16.2. The Bertz CT molecular complexity index is 1450. The number of piperidine rings is 1. The summed E-state index contributed by atoms with van der Waals surface area (Å²) in [6.07, 6.45) is 3.94. The number of rotatable bonds is 5. The molecule has 36 heavy (non-hydrogen) atoms. The number of nitrogens with zero attached hydrogens (tertiary/aromatic N) is 5. The van der Waals surface area contributed by atoms with Crippen molar-refractivity contribution < 1.29 is 4.79 Å². The van der Waals surface area contributed by atoms with Crippen molar-refractivity contribution in [2.24, 2.45) is 5.92 Å². The monoisotopic (exact) mass is 482 g/mol. The van der Waals surface area contributed by atoms with Gasteiger partial charge in [0.15, 0.2) is 5.82 Å². The Morgan fingerprint density at radius 2 is 1.78 bits per heavy atom. The summed E-state index contributed by atoms with van der Waals surface area (Å²) in [5.74, 6) is 1.23. The highest BCUT2D eigenvalue weighted by Crippen LogP contribution is 2.24. The van der Waals surface area contributed by atoms with Crippen molar-refractivity contribution in [2.45, 2.75) is 40.2 Å². The quantitative estimate of drug-likeness (QED) is 0.444. The molecule has 4 heterocycles. The highest BCUT2D eigenvalue weighted by molar-refractivity contribution is 6.05. The maximum atomic E-state index is 13.0. The van der Waals surface area contributed by atoms with Crippen LogP contribution in [0.25, 0.3) is 22.3 Å². The number of aryl methyl sites for hydroxylation is 2. The Balaban J connectivity index is 1.32. The Kier molecular flexibility index (Phi) is 6.50. The van der Waals surface area contributed by atoms with Crippen LogP contribution in [0.4, 0.5) is 11.5 Å². The van der Waals surface area contributed by atoms with Crippen molar-refractivity contribution in [1.29, 1.82) is 0 Å². The number of benzene rings is 1. The van der Waals surface area contributed by atoms with Crippen LogP contribution in [0, 0.1) is 12.8 Å². The van der Waals surface area contributed by atoms with Crippen molar-refractivity contribution in [3.63, 3.8) is 0 Å². The van der Waals surface area contributed by atoms with Crippen LogP contribution in [0.2, 0.25) is 0 Å². The molecular formula is C28H30N6O2. The van der Waals surface area contributed by atoms with Gasteiger partial charge >= 0.3 is 0 Å². The minimum atomic E-state index is -0.447. The summed E-state index contributed by atoms with van der Waals surface area (Å²) in [5, 5.41) is 12.1. The van der Waals surface area contributed by atoms with Crippen LogP contribution < -0.4 is 15.6 Å². The number of fused-ring (bicyclic) bond motifs is 1. The number of aromatic nitrogens is 4. The number of carbonyl (C=O) groups is 1. The fraction of sp³-hybridized carbons (Fsp3) is 0.321. The third kappa shape index (κ3) is 4.71. The van der Waals surface area contributed by atoms with Gasteiger partial charge in [-0.05, 0) is 69.0 Å². The first kappa shape index (κ1) is 23.7. The van der Waals surface area contributed by atoms with Crippen LogP contribution in [-0.4, -0.2) is 38.7 Å². The summed E-state index contributed by atoms with van der Waals surface area (Å²) in [4.78, 5) is 32.8. The average molecular weight is 483 g/mol. The lowest BCUT2D eigenvalue weighted by atomic mass is 9.99. The Morgan fingerprint density at radius 1 is 1.03 bits per heavy atom. The molecule has 1 N–H and O–H groups in total. The van der Waals surface area contributed by atoms with E-state index in [-0.39, 0.29) is 11.0 Å². The number of amides is 1. The zero-order valence-electron chi connectivity index (χ0n) is 20.9. The van der Waals surface area contributed by atoms with E-state index in [2.05, 4.69) is 32.3 Å². The third-order valence-electron chi connectivity index (χ3n) is 6.84. The van der Waals surface area contributed by atoms with Crippen LogP contribution in [0.15, 0.2) is 59.5 Å². The van der Waals surface area contributed by atoms with Crippen LogP contribution in [0.5, 0.6) is 0 Å². The molecule has 1 amide bonds. The zero-order valence-corrected chi connectivity index (χ0v) is 20.9. The van der Waals surface area contributed by atoms with Gasteiger partial charge in [-0.1, -0.05) is 19.1 Å². The van der Waals surface area contributed by atoms with E-state index in [0.717, 1.165) is 41.8 Å². The minimum absolute atomic E-state index is 0.0904. The lowest BCUT2D eigenvalue weighted by Gasteiger charge is -2.30. The largest absolute Gasteiger partial charge is 0.355 e. The molecule has 0 bridgehead atoms. The Morgan fingerprint density at radius 3 is 2.44 bits per heavy atom. The van der Waals surface area contributed by atoms with Gasteiger partial charge in [0.1, 0.15) is 11.2 Å². The highest BCUT2D eigenvalue weighted by Gasteiger charge is 2.18. The van der Waals surface area contributed by atoms with Gasteiger partial charge in [-0.3, -0.25) is 9.59 Å². The molecule has 1 aliphatic heterocycles. The summed E-state index contributed by atoms with van der Waals surface area (Å²) < 4.78 is 1.83. The third-order valence-corrected chi connectivity index (χ3v) is 6.84. The van der Waals surface area contributed by atoms with Gasteiger partial charge in [-0.2, -0.15) is 0 Å². The molecule has 4 aromatic rings. The summed E-state index contributed by atoms with van der Waals surface area (Å²) in [5.41, 5.74) is 3.44. The lowest BCUT2D eigenvalue weighted by molar-refractivity contribution is 0.102. The summed E-state index contributed by atoms with van der Waals surface area (Å²) in [7, 11) is 0. The molecule has 0 radical (unpaired) electrons. The van der Waals surface area contributed by atoms with Crippen LogP contribution in [0.3, 0.4) is 0 Å². The molecule has 0 aliphatic carbocycles. The predicted octanol–water partition coefficient (Wildman–Crippen LogP) is 4.67. The van der Waals surface area contributed by atoms with Gasteiger partial charge in [0, 0.05) is 42.8 Å². The number of hydrogen-bond acceptors (Lipinski definition) is 6. The van der Waals surface area contributed by atoms with E-state index < -0.39 is 5.91 Å². The van der Waals surface area contributed by atoms with E-state index in [1.54, 1.807) is 30.5 Å². The van der Waals surface area contributed by atoms with Crippen molar-refractivity contribution in [1.82, 2.24) is 19.7 Å². The number of carbonyl (C=O) groups excluding carboxylic acids is 1. The van der Waals surface area contributed by atoms with E-state index >= 15 is 0 Å². The van der Waals surface area contributed by atoms with Crippen molar-refractivity contribution in [3.8, 4) is 11.3 Å². The van der Waals surface area contributed by atoms with Crippen LogP contribution in [-0.2, 0) is 6.54 Å². The summed E-state index contributed by atoms with van der Waals surface area (Å²) in [6, 6.07) is 14.9. The molecule has 0 spiro atoms. The van der Waals surface area contributed by atoms with Crippen molar-refractivity contribution in [2.75, 3.05) is 23.3 Å². The first-order valence-corrected chi connectivity index (χ1v) is 12.4. The maximum Gasteiger partial charge on any atom is 0.261 e. The first-order valence-electron chi connectivity index (χ1n) is 12.4. The van der Waals surface area contributed by atoms with Crippen LogP contribution in [0.1, 0.15) is 42.7 Å². The number of anilines is 2. The molecule has 1 aromatic carbocycles. The van der Waals surface area contributed by atoms with E-state index in [1.165, 1.54) is 12.8 Å². The van der Waals surface area contributed by atoms with Gasteiger partial charge in [0.25, 0.3) is 5.91 Å². The lowest BCUT2D eigenvalue weighted by Crippen LogP contribution is -2.33. The molecular weight excluding hydrogens is 452 g/mol. The summed E-state index contributed by atoms with van der Waals surface area (Å²) >= 11 is 0. The first-order chi connectivity index (χ1) is 17.4. The SMILES string of the molecule is CCn1cc(C(=O)Nc2ccc(-c3ccc(N4CCC(C)CC4)nn3)cc2)c(=O)c2ccc(C)nc21. The van der Waals surface area contributed by atoms with Gasteiger partial charge in [-0.25, -0.2) is 4.98 Å². The van der Waals surface area contributed by atoms with Gasteiger partial charge in [0.2, 0.25) is 5.43 Å². The number of nitrogens with one attached hydrogen (secondary N) is 1. The number of hydrogen-bond donors (Lipinski definition) is 1. The molecule has 1 aliphatic rings. The van der Waals surface area contributed by atoms with E-state index in [9.17, 15) is 9.59 Å². The molecule has 1 saturated heterocycles. The zero-order chi connectivity index (χ0) is 25.2. The molecule has 0 atom stereocenters. The molecule has 0 saturated carbocycles. The fourth-order valence-electron chi connectivity index (χ4n) is 4.57. The smallest absolute Gasteiger partial charge is 0.261 e. The molecule has 3 aromatic heterocycles. The summed E-state index contributed by atoms with van der Waals surface area (Å²) in [6.45, 7) is 8.75. The maximum absolute atomic E-state index is 13.0. The fourth-order valence-corrected chi connectivity index (χ4v) is 4.57. The van der Waals surface area contributed by atoms with E-state index in [0.29, 0.717) is 23.3 Å². The normalized spacial score (nSPS) is 14.2. The second-order valence-electron chi connectivity index (χ2n) is 9.46. The van der Waals surface area contributed by atoms with E-state index in [4.69, 9.17) is 0 Å². The molecule has 5 rings (SSSR count). The van der Waals surface area contributed by atoms with Gasteiger partial charge in [-0.15, -0.1) is 10.2 Å².